The van der Waals surface area contributed by atoms with Crippen LogP contribution < -0.4 is 0 Å². The molecule has 1 saturated heterocycles. The maximum absolute atomic E-state index is 13.0. The Bertz CT molecular complexity index is 657. The number of esters is 4. The highest BCUT2D eigenvalue weighted by molar-refractivity contribution is 6.04. The predicted octanol–water partition coefficient (Wildman–Crippen LogP) is -0.316. The molecule has 0 spiro atoms. The first-order valence-corrected chi connectivity index (χ1v) is 8.07. The topological polar surface area (TPSA) is 108 Å². The largest absolute Gasteiger partial charge is 0.469 e. The summed E-state index contributed by atoms with van der Waals surface area (Å²) in [6.45, 7) is 0. The van der Waals surface area contributed by atoms with Crippen molar-refractivity contribution in [2.45, 2.75) is 24.9 Å². The van der Waals surface area contributed by atoms with E-state index >= 15 is 0 Å². The van der Waals surface area contributed by atoms with Crippen LogP contribution in [0.25, 0.3) is 0 Å². The van der Waals surface area contributed by atoms with Crippen LogP contribution in [0.3, 0.4) is 0 Å². The molecule has 1 heterocycles. The third kappa shape index (κ3) is 2.57. The number of allylic oxidation sites excluding steroid dienone is 1. The highest BCUT2D eigenvalue weighted by Crippen LogP contribution is 2.55. The minimum Gasteiger partial charge on any atom is -0.469 e. The second kappa shape index (κ2) is 7.45. The van der Waals surface area contributed by atoms with Crippen molar-refractivity contribution in [1.82, 2.24) is 4.90 Å². The van der Waals surface area contributed by atoms with Gasteiger partial charge < -0.3 is 18.9 Å². The summed E-state index contributed by atoms with van der Waals surface area (Å²) in [5, 5.41) is 0. The molecule has 0 N–H and O–H groups in total. The summed E-state index contributed by atoms with van der Waals surface area (Å²) in [7, 11) is 6.29. The van der Waals surface area contributed by atoms with Crippen molar-refractivity contribution < 1.29 is 38.1 Å². The molecule has 144 valence electrons. The van der Waals surface area contributed by atoms with Crippen LogP contribution in [-0.2, 0) is 38.1 Å². The third-order valence-electron chi connectivity index (χ3n) is 5.32. The number of fused-ring (bicyclic) bond motifs is 1. The van der Waals surface area contributed by atoms with Gasteiger partial charge in [0.15, 0.2) is 0 Å². The van der Waals surface area contributed by atoms with E-state index in [0.29, 0.717) is 12.8 Å². The molecule has 0 bridgehead atoms. The van der Waals surface area contributed by atoms with Crippen LogP contribution in [0, 0.1) is 11.3 Å². The zero-order chi connectivity index (χ0) is 19.6. The summed E-state index contributed by atoms with van der Waals surface area (Å²) in [5.41, 5.74) is -1.72. The number of rotatable bonds is 4. The van der Waals surface area contributed by atoms with Crippen molar-refractivity contribution in [3.8, 4) is 0 Å². The van der Waals surface area contributed by atoms with Crippen LogP contribution in [0.1, 0.15) is 12.8 Å². The number of nitrogens with zero attached hydrogens (tertiary/aromatic N) is 1. The lowest BCUT2D eigenvalue weighted by molar-refractivity contribution is -0.167. The fourth-order valence-corrected chi connectivity index (χ4v) is 4.31. The Kier molecular flexibility index (Phi) is 5.70. The number of hydrogen-bond donors (Lipinski definition) is 0. The second-order valence-corrected chi connectivity index (χ2v) is 6.20. The first-order chi connectivity index (χ1) is 12.3. The van der Waals surface area contributed by atoms with E-state index in [1.165, 1.54) is 14.2 Å². The maximum Gasteiger partial charge on any atom is 0.334 e. The third-order valence-corrected chi connectivity index (χ3v) is 5.32. The number of carbonyl (C=O) groups is 4. The minimum absolute atomic E-state index is 0.00301. The quantitative estimate of drug-likeness (QED) is 0.487. The summed E-state index contributed by atoms with van der Waals surface area (Å²) in [4.78, 5) is 52.1. The molecule has 1 aliphatic heterocycles. The molecular formula is C17H23NO8. The zero-order valence-electron chi connectivity index (χ0n) is 15.4. The molecule has 1 fully saturated rings. The lowest BCUT2D eigenvalue weighted by Gasteiger charge is -2.40. The van der Waals surface area contributed by atoms with Crippen LogP contribution in [-0.4, -0.2) is 76.3 Å². The number of carbonyl (C=O) groups excluding carboxylic acids is 4. The summed E-state index contributed by atoms with van der Waals surface area (Å²) in [6.07, 6.45) is 2.47. The van der Waals surface area contributed by atoms with E-state index < -0.39 is 47.3 Å². The van der Waals surface area contributed by atoms with Gasteiger partial charge in [-0.25, -0.2) is 4.79 Å². The Morgan fingerprint density at radius 3 is 2.12 bits per heavy atom. The van der Waals surface area contributed by atoms with Crippen LogP contribution in [0.2, 0.25) is 0 Å². The second-order valence-electron chi connectivity index (χ2n) is 6.20. The number of ether oxygens (including phenoxy) is 4. The van der Waals surface area contributed by atoms with Crippen molar-refractivity contribution in [3.63, 3.8) is 0 Å². The average molecular weight is 369 g/mol. The van der Waals surface area contributed by atoms with E-state index in [2.05, 4.69) is 0 Å². The Balaban J connectivity index is 2.81. The Morgan fingerprint density at radius 1 is 1.00 bits per heavy atom. The predicted molar refractivity (Wildman–Crippen MR) is 86.6 cm³/mol. The number of methoxy groups -OCH3 is 4. The van der Waals surface area contributed by atoms with Crippen LogP contribution in [0.4, 0.5) is 0 Å². The monoisotopic (exact) mass is 369 g/mol. The first-order valence-electron chi connectivity index (χ1n) is 8.07. The van der Waals surface area contributed by atoms with Crippen LogP contribution in [0.15, 0.2) is 11.6 Å². The Hall–Kier alpha value is -2.42. The normalized spacial score (nSPS) is 30.7. The molecule has 0 radical (unpaired) electrons. The van der Waals surface area contributed by atoms with Gasteiger partial charge in [-0.15, -0.1) is 0 Å². The van der Waals surface area contributed by atoms with E-state index in [4.69, 9.17) is 18.9 Å². The van der Waals surface area contributed by atoms with E-state index in [-0.39, 0.29) is 5.57 Å². The van der Waals surface area contributed by atoms with Gasteiger partial charge in [-0.1, -0.05) is 6.08 Å². The zero-order valence-corrected chi connectivity index (χ0v) is 15.4. The molecule has 9 heteroatoms. The van der Waals surface area contributed by atoms with Gasteiger partial charge in [-0.05, 0) is 19.9 Å². The van der Waals surface area contributed by atoms with Gasteiger partial charge in [0.05, 0.1) is 34.0 Å². The molecule has 0 unspecified atom stereocenters. The molecule has 0 aromatic rings. The molecule has 0 aromatic carbocycles. The van der Waals surface area contributed by atoms with Gasteiger partial charge in [-0.3, -0.25) is 19.3 Å². The Morgan fingerprint density at radius 2 is 1.62 bits per heavy atom. The summed E-state index contributed by atoms with van der Waals surface area (Å²) in [6, 6.07) is -1.75. The summed E-state index contributed by atoms with van der Waals surface area (Å²) in [5.74, 6) is -4.38. The molecule has 26 heavy (non-hydrogen) atoms. The average Bonchev–Trinajstić information content (AvgIpc) is 2.95. The van der Waals surface area contributed by atoms with Gasteiger partial charge in [0.1, 0.15) is 17.4 Å². The minimum atomic E-state index is -1.72. The number of hydrogen-bond acceptors (Lipinski definition) is 9. The molecule has 2 aliphatic rings. The van der Waals surface area contributed by atoms with Gasteiger partial charge in [-0.2, -0.15) is 0 Å². The first kappa shape index (κ1) is 19.9. The molecule has 0 amide bonds. The van der Waals surface area contributed by atoms with E-state index in [1.54, 1.807) is 18.0 Å². The molecule has 1 aliphatic carbocycles. The lowest BCUT2D eigenvalue weighted by Crippen LogP contribution is -2.54. The maximum atomic E-state index is 13.0. The SMILES string of the molecule is COC(=O)C1=CCC[C@@H]2N(C)[C@H](C(=O)OC)[C@@H](C(=O)OC)[C@]12C(=O)OC. The summed E-state index contributed by atoms with van der Waals surface area (Å²) < 4.78 is 19.5. The van der Waals surface area contributed by atoms with E-state index in [0.717, 1.165) is 14.2 Å². The van der Waals surface area contributed by atoms with Crippen molar-refractivity contribution in [2.75, 3.05) is 35.5 Å². The smallest absolute Gasteiger partial charge is 0.334 e. The van der Waals surface area contributed by atoms with E-state index in [9.17, 15) is 19.2 Å². The number of likely N-dealkylation sites (N-methyl/N-ethyl adjacent to an activating group) is 1. The van der Waals surface area contributed by atoms with Crippen molar-refractivity contribution in [1.29, 1.82) is 0 Å². The standard InChI is InChI=1S/C17H23NO8/c1-18-10-8-6-7-9(13(19)23-2)17(10,16(22)26-5)11(14(20)24-3)12(18)15(21)25-4/h7,10-12H,6,8H2,1-5H3/t10-,11-,12-,17-/m0/s1. The van der Waals surface area contributed by atoms with E-state index in [1.807, 2.05) is 0 Å². The van der Waals surface area contributed by atoms with Gasteiger partial charge in [0.25, 0.3) is 0 Å². The van der Waals surface area contributed by atoms with Gasteiger partial charge >= 0.3 is 23.9 Å². The lowest BCUT2D eigenvalue weighted by atomic mass is 9.62. The highest BCUT2D eigenvalue weighted by Gasteiger charge is 2.71. The fraction of sp³-hybridized carbons (Fsp3) is 0.647. The van der Waals surface area contributed by atoms with Crippen LogP contribution in [0.5, 0.6) is 0 Å². The molecule has 2 rings (SSSR count). The molecule has 0 aromatic heterocycles. The number of likely N-dealkylation sites (tertiary alicyclic amines) is 1. The Labute approximate surface area is 151 Å². The van der Waals surface area contributed by atoms with Crippen molar-refractivity contribution in [2.24, 2.45) is 11.3 Å². The highest BCUT2D eigenvalue weighted by atomic mass is 16.5. The summed E-state index contributed by atoms with van der Waals surface area (Å²) >= 11 is 0. The molecular weight excluding hydrogens is 346 g/mol. The fourth-order valence-electron chi connectivity index (χ4n) is 4.31. The van der Waals surface area contributed by atoms with Crippen LogP contribution >= 0.6 is 0 Å². The molecule has 0 saturated carbocycles. The van der Waals surface area contributed by atoms with Gasteiger partial charge in [0.2, 0.25) is 0 Å². The molecule has 9 nitrogen and oxygen atoms in total. The van der Waals surface area contributed by atoms with Gasteiger partial charge in [0, 0.05) is 6.04 Å². The molecule has 4 atom stereocenters. The van der Waals surface area contributed by atoms with Crippen molar-refractivity contribution >= 4 is 23.9 Å². The van der Waals surface area contributed by atoms with Crippen molar-refractivity contribution in [3.05, 3.63) is 11.6 Å².